The van der Waals surface area contributed by atoms with Gasteiger partial charge in [-0.2, -0.15) is 0 Å². The van der Waals surface area contributed by atoms with E-state index in [4.69, 9.17) is 4.74 Å². The van der Waals surface area contributed by atoms with Crippen LogP contribution < -0.4 is 5.32 Å². The summed E-state index contributed by atoms with van der Waals surface area (Å²) in [7, 11) is 0. The van der Waals surface area contributed by atoms with Gasteiger partial charge >= 0.3 is 0 Å². The Labute approximate surface area is 169 Å². The highest BCUT2D eigenvalue weighted by Gasteiger charge is 2.18. The molecule has 4 nitrogen and oxygen atoms in total. The highest BCUT2D eigenvalue weighted by molar-refractivity contribution is 7.99. The number of anilines is 1. The molecule has 5 heteroatoms. The molecule has 3 aromatic rings. The summed E-state index contributed by atoms with van der Waals surface area (Å²) >= 11 is 1.68. The summed E-state index contributed by atoms with van der Waals surface area (Å²) < 4.78 is 5.69. The molecule has 142 valence electrons. The molecule has 1 aliphatic heterocycles. The minimum atomic E-state index is -0.143. The lowest BCUT2D eigenvalue weighted by Crippen LogP contribution is -2.14. The Morgan fingerprint density at radius 3 is 2.61 bits per heavy atom. The lowest BCUT2D eigenvalue weighted by Gasteiger charge is -2.12. The molecule has 1 aliphatic rings. The SMILES string of the molecule is O=C(Nc1ccc(-c2ccccc2)cn1)c1ccccc1SC[C@H]1CCCO1. The number of aromatic nitrogens is 1. The highest BCUT2D eigenvalue weighted by Crippen LogP contribution is 2.27. The summed E-state index contributed by atoms with van der Waals surface area (Å²) in [5.41, 5.74) is 2.79. The fourth-order valence-corrected chi connectivity index (χ4v) is 4.31. The number of benzene rings is 2. The van der Waals surface area contributed by atoms with E-state index < -0.39 is 0 Å². The number of rotatable bonds is 6. The van der Waals surface area contributed by atoms with E-state index in [0.29, 0.717) is 11.4 Å². The quantitative estimate of drug-likeness (QED) is 0.583. The van der Waals surface area contributed by atoms with Crippen LogP contribution in [-0.2, 0) is 4.74 Å². The van der Waals surface area contributed by atoms with Crippen molar-refractivity contribution >= 4 is 23.5 Å². The number of nitrogens with zero attached hydrogens (tertiary/aromatic N) is 1. The highest BCUT2D eigenvalue weighted by atomic mass is 32.2. The van der Waals surface area contributed by atoms with Crippen molar-refractivity contribution in [2.75, 3.05) is 17.7 Å². The molecule has 0 radical (unpaired) electrons. The Kier molecular flexibility index (Phi) is 6.04. The molecule has 4 rings (SSSR count). The van der Waals surface area contributed by atoms with Gasteiger partial charge in [0.2, 0.25) is 0 Å². The smallest absolute Gasteiger partial charge is 0.257 e. The van der Waals surface area contributed by atoms with E-state index in [-0.39, 0.29) is 12.0 Å². The second-order valence-electron chi connectivity index (χ2n) is 6.69. The zero-order valence-corrected chi connectivity index (χ0v) is 16.3. The molecular weight excluding hydrogens is 368 g/mol. The maximum Gasteiger partial charge on any atom is 0.257 e. The van der Waals surface area contributed by atoms with E-state index >= 15 is 0 Å². The Balaban J connectivity index is 1.43. The zero-order chi connectivity index (χ0) is 19.2. The van der Waals surface area contributed by atoms with Gasteiger partial charge in [-0.1, -0.05) is 42.5 Å². The Morgan fingerprint density at radius 2 is 1.86 bits per heavy atom. The summed E-state index contributed by atoms with van der Waals surface area (Å²) in [6.07, 6.45) is 4.29. The third-order valence-electron chi connectivity index (χ3n) is 4.69. The number of nitrogens with one attached hydrogen (secondary N) is 1. The van der Waals surface area contributed by atoms with E-state index in [0.717, 1.165) is 41.2 Å². The molecule has 1 fully saturated rings. The van der Waals surface area contributed by atoms with Crippen molar-refractivity contribution in [3.8, 4) is 11.1 Å². The van der Waals surface area contributed by atoms with Gasteiger partial charge in [0, 0.05) is 29.0 Å². The number of ether oxygens (including phenoxy) is 1. The van der Waals surface area contributed by atoms with Crippen LogP contribution in [0.2, 0.25) is 0 Å². The van der Waals surface area contributed by atoms with Gasteiger partial charge in [0.25, 0.3) is 5.91 Å². The molecule has 1 N–H and O–H groups in total. The monoisotopic (exact) mass is 390 g/mol. The normalized spacial score (nSPS) is 16.1. The molecule has 1 amide bonds. The van der Waals surface area contributed by atoms with Gasteiger partial charge in [0.1, 0.15) is 5.82 Å². The first-order valence-corrected chi connectivity index (χ1v) is 10.4. The van der Waals surface area contributed by atoms with Crippen molar-refractivity contribution in [1.29, 1.82) is 0 Å². The zero-order valence-electron chi connectivity index (χ0n) is 15.5. The summed E-state index contributed by atoms with van der Waals surface area (Å²) in [5, 5.41) is 2.91. The minimum absolute atomic E-state index is 0.143. The molecule has 0 aliphatic carbocycles. The third-order valence-corrected chi connectivity index (χ3v) is 5.90. The first kappa shape index (κ1) is 18.7. The topological polar surface area (TPSA) is 51.2 Å². The van der Waals surface area contributed by atoms with Gasteiger partial charge in [-0.15, -0.1) is 11.8 Å². The molecule has 0 bridgehead atoms. The number of thioether (sulfide) groups is 1. The van der Waals surface area contributed by atoms with Gasteiger partial charge in [0.05, 0.1) is 11.7 Å². The maximum absolute atomic E-state index is 12.8. The number of carbonyl (C=O) groups is 1. The third kappa shape index (κ3) is 4.61. The molecule has 1 aromatic heterocycles. The minimum Gasteiger partial charge on any atom is -0.377 e. The molecule has 28 heavy (non-hydrogen) atoms. The van der Waals surface area contributed by atoms with E-state index in [2.05, 4.69) is 10.3 Å². The van der Waals surface area contributed by atoms with Crippen molar-refractivity contribution in [2.24, 2.45) is 0 Å². The summed E-state index contributed by atoms with van der Waals surface area (Å²) in [6.45, 7) is 0.845. The van der Waals surface area contributed by atoms with Crippen LogP contribution in [0.1, 0.15) is 23.2 Å². The second kappa shape index (κ2) is 9.04. The number of hydrogen-bond acceptors (Lipinski definition) is 4. The van der Waals surface area contributed by atoms with Gasteiger partial charge < -0.3 is 10.1 Å². The number of carbonyl (C=O) groups excluding carboxylic acids is 1. The van der Waals surface area contributed by atoms with Crippen LogP contribution in [0, 0.1) is 0 Å². The molecule has 0 saturated carbocycles. The molecule has 1 saturated heterocycles. The van der Waals surface area contributed by atoms with Crippen molar-refractivity contribution in [3.05, 3.63) is 78.5 Å². The van der Waals surface area contributed by atoms with Gasteiger partial charge in [0.15, 0.2) is 0 Å². The first-order valence-electron chi connectivity index (χ1n) is 9.46. The van der Waals surface area contributed by atoms with Gasteiger partial charge in [-0.25, -0.2) is 4.98 Å². The largest absolute Gasteiger partial charge is 0.377 e. The van der Waals surface area contributed by atoms with Gasteiger partial charge in [-0.3, -0.25) is 4.79 Å². The Hall–Kier alpha value is -2.63. The maximum atomic E-state index is 12.8. The van der Waals surface area contributed by atoms with Crippen LogP contribution >= 0.6 is 11.8 Å². The molecule has 1 atom stereocenters. The Morgan fingerprint density at radius 1 is 1.04 bits per heavy atom. The van der Waals surface area contributed by atoms with Crippen LogP contribution in [-0.4, -0.2) is 29.4 Å². The van der Waals surface area contributed by atoms with Crippen molar-refractivity contribution in [3.63, 3.8) is 0 Å². The average molecular weight is 391 g/mol. The van der Waals surface area contributed by atoms with Crippen LogP contribution in [0.3, 0.4) is 0 Å². The van der Waals surface area contributed by atoms with E-state index in [9.17, 15) is 4.79 Å². The molecule has 2 aromatic carbocycles. The summed E-state index contributed by atoms with van der Waals surface area (Å²) in [5.74, 6) is 1.27. The predicted molar refractivity (Wildman–Crippen MR) is 114 cm³/mol. The van der Waals surface area contributed by atoms with Crippen LogP contribution in [0.15, 0.2) is 77.8 Å². The van der Waals surface area contributed by atoms with Crippen LogP contribution in [0.4, 0.5) is 5.82 Å². The molecule has 0 spiro atoms. The molecule has 0 unspecified atom stereocenters. The number of hydrogen-bond donors (Lipinski definition) is 1. The van der Waals surface area contributed by atoms with Gasteiger partial charge in [-0.05, 0) is 42.7 Å². The van der Waals surface area contributed by atoms with Crippen molar-refractivity contribution in [1.82, 2.24) is 4.98 Å². The van der Waals surface area contributed by atoms with E-state index in [1.807, 2.05) is 66.7 Å². The van der Waals surface area contributed by atoms with Crippen molar-refractivity contribution < 1.29 is 9.53 Å². The number of pyridine rings is 1. The first-order chi connectivity index (χ1) is 13.8. The fraction of sp³-hybridized carbons (Fsp3) is 0.217. The summed E-state index contributed by atoms with van der Waals surface area (Å²) in [6, 6.07) is 21.5. The summed E-state index contributed by atoms with van der Waals surface area (Å²) in [4.78, 5) is 18.2. The fourth-order valence-electron chi connectivity index (χ4n) is 3.19. The average Bonchev–Trinajstić information content (AvgIpc) is 3.27. The predicted octanol–water partition coefficient (Wildman–Crippen LogP) is 5.27. The second-order valence-corrected chi connectivity index (χ2v) is 7.76. The standard InChI is InChI=1S/C23H22N2O2S/c26-23(20-10-4-5-11-21(20)28-16-19-9-6-14-27-19)25-22-13-12-18(15-24-22)17-7-2-1-3-8-17/h1-5,7-8,10-13,15,19H,6,9,14,16H2,(H,24,25,26)/t19-/m1/s1. The van der Waals surface area contributed by atoms with Crippen LogP contribution in [0.25, 0.3) is 11.1 Å². The van der Waals surface area contributed by atoms with E-state index in [1.54, 1.807) is 18.0 Å². The molecule has 2 heterocycles. The number of amides is 1. The lowest BCUT2D eigenvalue weighted by atomic mass is 10.1. The molecular formula is C23H22N2O2S. The lowest BCUT2D eigenvalue weighted by molar-refractivity contribution is 0.102. The van der Waals surface area contributed by atoms with E-state index in [1.165, 1.54) is 0 Å². The van der Waals surface area contributed by atoms with Crippen LogP contribution in [0.5, 0.6) is 0 Å². The Bertz CT molecular complexity index is 923. The van der Waals surface area contributed by atoms with Crippen molar-refractivity contribution in [2.45, 2.75) is 23.8 Å².